The number of H-pyrrole nitrogens is 1. The van der Waals surface area contributed by atoms with Crippen molar-refractivity contribution in [3.63, 3.8) is 0 Å². The van der Waals surface area contributed by atoms with E-state index in [-0.39, 0.29) is 11.4 Å². The summed E-state index contributed by atoms with van der Waals surface area (Å²) in [5.41, 5.74) is 3.84. The molecule has 6 heteroatoms. The molecule has 2 aromatic carbocycles. The Morgan fingerprint density at radius 2 is 1.79 bits per heavy atom. The Balaban J connectivity index is 1.65. The lowest BCUT2D eigenvalue weighted by Gasteiger charge is -2.06. The van der Waals surface area contributed by atoms with Gasteiger partial charge in [-0.3, -0.25) is 4.79 Å². The summed E-state index contributed by atoms with van der Waals surface area (Å²) in [6, 6.07) is 19.8. The monoisotopic (exact) mass is 398 g/mol. The van der Waals surface area contributed by atoms with Crippen LogP contribution in [0.25, 0.3) is 21.9 Å². The number of para-hydroxylation sites is 1. The third-order valence-corrected chi connectivity index (χ3v) is 5.80. The molecule has 4 aromatic rings. The SMILES string of the molecule is Cc1sc2nc(/C(C#N)=C/c3ccc(Nc4ccccc4)cc3)[nH]c(=O)c2c1C. The van der Waals surface area contributed by atoms with Gasteiger partial charge in [-0.05, 0) is 55.3 Å². The first-order valence-corrected chi connectivity index (χ1v) is 9.91. The van der Waals surface area contributed by atoms with Gasteiger partial charge in [-0.25, -0.2) is 4.98 Å². The van der Waals surface area contributed by atoms with Crippen molar-refractivity contribution in [3.05, 3.63) is 86.8 Å². The second-order valence-electron chi connectivity index (χ2n) is 6.66. The summed E-state index contributed by atoms with van der Waals surface area (Å²) in [5, 5.41) is 13.5. The van der Waals surface area contributed by atoms with Crippen LogP contribution < -0.4 is 10.9 Å². The van der Waals surface area contributed by atoms with Crippen molar-refractivity contribution in [1.82, 2.24) is 9.97 Å². The molecule has 4 rings (SSSR count). The Labute approximate surface area is 172 Å². The molecule has 0 aliphatic carbocycles. The number of rotatable bonds is 4. The van der Waals surface area contributed by atoms with Gasteiger partial charge in [0.2, 0.25) is 0 Å². The van der Waals surface area contributed by atoms with E-state index in [0.717, 1.165) is 27.4 Å². The summed E-state index contributed by atoms with van der Waals surface area (Å²) in [5.74, 6) is 0.290. The number of aryl methyl sites for hydroxylation is 2. The van der Waals surface area contributed by atoms with Gasteiger partial charge in [0.05, 0.1) is 11.0 Å². The molecular weight excluding hydrogens is 380 g/mol. The van der Waals surface area contributed by atoms with Crippen molar-refractivity contribution in [1.29, 1.82) is 5.26 Å². The first-order chi connectivity index (χ1) is 14.0. The van der Waals surface area contributed by atoms with Gasteiger partial charge in [0.1, 0.15) is 10.9 Å². The molecule has 5 nitrogen and oxygen atoms in total. The minimum Gasteiger partial charge on any atom is -0.356 e. The highest BCUT2D eigenvalue weighted by Crippen LogP contribution is 2.27. The average molecular weight is 398 g/mol. The Morgan fingerprint density at radius 3 is 2.48 bits per heavy atom. The van der Waals surface area contributed by atoms with Gasteiger partial charge < -0.3 is 10.3 Å². The van der Waals surface area contributed by atoms with Gasteiger partial charge in [0, 0.05) is 16.3 Å². The summed E-state index contributed by atoms with van der Waals surface area (Å²) in [6.07, 6.45) is 1.73. The maximum atomic E-state index is 12.5. The van der Waals surface area contributed by atoms with Gasteiger partial charge >= 0.3 is 0 Å². The molecular formula is C23H18N4OS. The summed E-state index contributed by atoms with van der Waals surface area (Å²) in [7, 11) is 0. The first kappa shape index (κ1) is 18.7. The Bertz CT molecular complexity index is 1310. The highest BCUT2D eigenvalue weighted by Gasteiger charge is 2.13. The summed E-state index contributed by atoms with van der Waals surface area (Å²) in [6.45, 7) is 3.88. The van der Waals surface area contributed by atoms with Crippen LogP contribution in [0.1, 0.15) is 21.8 Å². The lowest BCUT2D eigenvalue weighted by Crippen LogP contribution is -2.10. The summed E-state index contributed by atoms with van der Waals surface area (Å²) >= 11 is 1.47. The molecule has 0 bridgehead atoms. The zero-order valence-corrected chi connectivity index (χ0v) is 16.8. The number of fused-ring (bicyclic) bond motifs is 1. The fourth-order valence-electron chi connectivity index (χ4n) is 3.05. The van der Waals surface area contributed by atoms with Crippen LogP contribution in [0.3, 0.4) is 0 Å². The first-order valence-electron chi connectivity index (χ1n) is 9.09. The molecule has 0 radical (unpaired) electrons. The Kier molecular flexibility index (Phi) is 4.98. The number of benzene rings is 2. The summed E-state index contributed by atoms with van der Waals surface area (Å²) in [4.78, 5) is 21.5. The molecule has 142 valence electrons. The number of aromatic nitrogens is 2. The number of nitrogens with zero attached hydrogens (tertiary/aromatic N) is 2. The van der Waals surface area contributed by atoms with E-state index in [0.29, 0.717) is 15.8 Å². The van der Waals surface area contributed by atoms with Crippen molar-refractivity contribution in [3.8, 4) is 6.07 Å². The van der Waals surface area contributed by atoms with Gasteiger partial charge in [-0.1, -0.05) is 30.3 Å². The maximum Gasteiger partial charge on any atom is 0.260 e. The van der Waals surface area contributed by atoms with Crippen LogP contribution in [-0.4, -0.2) is 9.97 Å². The van der Waals surface area contributed by atoms with E-state index in [4.69, 9.17) is 0 Å². The number of aromatic amines is 1. The number of hydrogen-bond acceptors (Lipinski definition) is 5. The number of hydrogen-bond donors (Lipinski definition) is 2. The average Bonchev–Trinajstić information content (AvgIpc) is 3.02. The standard InChI is InChI=1S/C23H18N4OS/c1-14-15(2)29-23-20(14)22(28)26-21(27-23)17(13-24)12-16-8-10-19(11-9-16)25-18-6-4-3-5-7-18/h3-12,25H,1-2H3,(H,26,27,28)/b17-12+. The summed E-state index contributed by atoms with van der Waals surface area (Å²) < 4.78 is 0. The van der Waals surface area contributed by atoms with Gasteiger partial charge in [-0.15, -0.1) is 11.3 Å². The van der Waals surface area contributed by atoms with Crippen LogP contribution in [-0.2, 0) is 0 Å². The molecule has 0 fully saturated rings. The quantitative estimate of drug-likeness (QED) is 0.450. The van der Waals surface area contributed by atoms with Gasteiger partial charge in [-0.2, -0.15) is 5.26 Å². The van der Waals surface area contributed by atoms with Gasteiger partial charge in [0.15, 0.2) is 5.82 Å². The minimum absolute atomic E-state index is 0.213. The van der Waals surface area contributed by atoms with E-state index in [1.807, 2.05) is 68.4 Å². The second kappa shape index (κ2) is 7.74. The van der Waals surface area contributed by atoms with Crippen molar-refractivity contribution in [2.24, 2.45) is 0 Å². The Morgan fingerprint density at radius 1 is 1.10 bits per heavy atom. The third kappa shape index (κ3) is 3.82. The molecule has 0 aliphatic heterocycles. The van der Waals surface area contributed by atoms with Crippen LogP contribution in [0.5, 0.6) is 0 Å². The molecule has 2 aromatic heterocycles. The smallest absolute Gasteiger partial charge is 0.260 e. The highest BCUT2D eigenvalue weighted by atomic mass is 32.1. The molecule has 0 spiro atoms. The van der Waals surface area contributed by atoms with E-state index in [1.54, 1.807) is 6.08 Å². The van der Waals surface area contributed by atoms with Crippen LogP contribution in [0.2, 0.25) is 0 Å². The Hall–Kier alpha value is -3.69. The number of nitriles is 1. The predicted octanol–water partition coefficient (Wildman–Crippen LogP) is 5.41. The molecule has 0 atom stereocenters. The molecule has 2 N–H and O–H groups in total. The maximum absolute atomic E-state index is 12.5. The highest BCUT2D eigenvalue weighted by molar-refractivity contribution is 7.18. The number of anilines is 2. The van der Waals surface area contributed by atoms with E-state index < -0.39 is 0 Å². The predicted molar refractivity (Wildman–Crippen MR) is 119 cm³/mol. The molecule has 29 heavy (non-hydrogen) atoms. The van der Waals surface area contributed by atoms with E-state index >= 15 is 0 Å². The van der Waals surface area contributed by atoms with E-state index in [1.165, 1.54) is 11.3 Å². The molecule has 0 amide bonds. The van der Waals surface area contributed by atoms with Gasteiger partial charge in [0.25, 0.3) is 5.56 Å². The zero-order chi connectivity index (χ0) is 20.4. The number of thiophene rings is 1. The molecule has 0 aliphatic rings. The zero-order valence-electron chi connectivity index (χ0n) is 16.0. The van der Waals surface area contributed by atoms with Crippen LogP contribution in [0.15, 0.2) is 59.4 Å². The molecule has 0 saturated carbocycles. The van der Waals surface area contributed by atoms with Crippen LogP contribution in [0, 0.1) is 25.2 Å². The molecule has 0 unspecified atom stereocenters. The van der Waals surface area contributed by atoms with Crippen LogP contribution >= 0.6 is 11.3 Å². The van der Waals surface area contributed by atoms with Crippen LogP contribution in [0.4, 0.5) is 11.4 Å². The van der Waals surface area contributed by atoms with Crippen molar-refractivity contribution < 1.29 is 0 Å². The fourth-order valence-corrected chi connectivity index (χ4v) is 4.08. The molecule has 2 heterocycles. The number of allylic oxidation sites excluding steroid dienone is 1. The largest absolute Gasteiger partial charge is 0.356 e. The lowest BCUT2D eigenvalue weighted by atomic mass is 10.1. The topological polar surface area (TPSA) is 81.6 Å². The second-order valence-corrected chi connectivity index (χ2v) is 7.86. The number of nitrogens with one attached hydrogen (secondary N) is 2. The van der Waals surface area contributed by atoms with E-state index in [2.05, 4.69) is 21.4 Å². The van der Waals surface area contributed by atoms with Crippen molar-refractivity contribution in [2.75, 3.05) is 5.32 Å². The van der Waals surface area contributed by atoms with Crippen molar-refractivity contribution >= 4 is 44.6 Å². The fraction of sp³-hybridized carbons (Fsp3) is 0.0870. The molecule has 0 saturated heterocycles. The van der Waals surface area contributed by atoms with Crippen molar-refractivity contribution in [2.45, 2.75) is 13.8 Å². The normalized spacial score (nSPS) is 11.4. The third-order valence-electron chi connectivity index (χ3n) is 4.70. The lowest BCUT2D eigenvalue weighted by molar-refractivity contribution is 1.13. The van der Waals surface area contributed by atoms with E-state index in [9.17, 15) is 10.1 Å². The minimum atomic E-state index is -0.213.